The van der Waals surface area contributed by atoms with Crippen molar-refractivity contribution in [1.29, 1.82) is 0 Å². The smallest absolute Gasteiger partial charge is 0.232 e. The number of methoxy groups -OCH3 is 1. The highest BCUT2D eigenvalue weighted by molar-refractivity contribution is 9.10. The van der Waals surface area contributed by atoms with Gasteiger partial charge in [-0.05, 0) is 34.2 Å². The second-order valence-corrected chi connectivity index (χ2v) is 6.34. The Hall–Kier alpha value is -0.840. The second-order valence-electron chi connectivity index (χ2n) is 5.48. The van der Waals surface area contributed by atoms with Crippen LogP contribution in [-0.2, 0) is 0 Å². The molecule has 2 rings (SSSR count). The fraction of sp³-hybridized carbons (Fsp3) is 0.692. The highest BCUT2D eigenvalue weighted by Crippen LogP contribution is 2.37. The first-order valence-corrected chi connectivity index (χ1v) is 7.15. The molecule has 0 amide bonds. The van der Waals surface area contributed by atoms with Gasteiger partial charge in [0.05, 0.1) is 17.8 Å². The van der Waals surface area contributed by atoms with E-state index in [9.17, 15) is 0 Å². The van der Waals surface area contributed by atoms with Crippen LogP contribution in [0.1, 0.15) is 39.5 Å². The van der Waals surface area contributed by atoms with Crippen LogP contribution in [0.2, 0.25) is 0 Å². The van der Waals surface area contributed by atoms with Crippen molar-refractivity contribution < 1.29 is 4.74 Å². The van der Waals surface area contributed by atoms with Gasteiger partial charge < -0.3 is 10.1 Å². The van der Waals surface area contributed by atoms with E-state index in [-0.39, 0.29) is 0 Å². The summed E-state index contributed by atoms with van der Waals surface area (Å²) in [5.41, 5.74) is 0.294. The molecule has 1 N–H and O–H groups in total. The largest absolute Gasteiger partial charge is 0.480 e. The Labute approximate surface area is 117 Å². The predicted octanol–water partition coefficient (Wildman–Crippen LogP) is 3.63. The van der Waals surface area contributed by atoms with Crippen molar-refractivity contribution in [2.45, 2.75) is 45.6 Å². The number of aromatic nitrogens is 2. The van der Waals surface area contributed by atoms with Gasteiger partial charge in [0, 0.05) is 6.04 Å². The Morgan fingerprint density at radius 3 is 2.89 bits per heavy atom. The van der Waals surface area contributed by atoms with Gasteiger partial charge in [-0.2, -0.15) is 4.98 Å². The van der Waals surface area contributed by atoms with E-state index in [0.717, 1.165) is 4.47 Å². The summed E-state index contributed by atoms with van der Waals surface area (Å²) < 4.78 is 5.97. The van der Waals surface area contributed by atoms with E-state index >= 15 is 0 Å². The lowest BCUT2D eigenvalue weighted by Gasteiger charge is -2.39. The molecule has 4 nitrogen and oxygen atoms in total. The highest BCUT2D eigenvalue weighted by atomic mass is 79.9. The summed E-state index contributed by atoms with van der Waals surface area (Å²) in [6.07, 6.45) is 6.74. The minimum absolute atomic E-state index is 0.294. The number of nitrogens with one attached hydrogen (secondary N) is 1. The lowest BCUT2D eigenvalue weighted by molar-refractivity contribution is 0.216. The Kier molecular flexibility index (Phi) is 4.10. The van der Waals surface area contributed by atoms with E-state index in [4.69, 9.17) is 4.74 Å². The van der Waals surface area contributed by atoms with Crippen LogP contribution in [0.25, 0.3) is 0 Å². The van der Waals surface area contributed by atoms with Gasteiger partial charge in [0.1, 0.15) is 0 Å². The van der Waals surface area contributed by atoms with E-state index in [0.29, 0.717) is 23.3 Å². The normalized spacial score (nSPS) is 22.6. The van der Waals surface area contributed by atoms with E-state index in [1.165, 1.54) is 25.7 Å². The zero-order valence-corrected chi connectivity index (χ0v) is 12.7. The van der Waals surface area contributed by atoms with Crippen LogP contribution in [-0.4, -0.2) is 23.1 Å². The average molecular weight is 314 g/mol. The Balaban J connectivity index is 2.13. The first-order valence-electron chi connectivity index (χ1n) is 6.36. The number of halogens is 1. The molecule has 1 aliphatic rings. The molecular formula is C13H20BrN3O. The van der Waals surface area contributed by atoms with Gasteiger partial charge in [-0.3, -0.25) is 0 Å². The fourth-order valence-electron chi connectivity index (χ4n) is 2.48. The first kappa shape index (κ1) is 13.6. The lowest BCUT2D eigenvalue weighted by atomic mass is 9.73. The van der Waals surface area contributed by atoms with E-state index in [2.05, 4.69) is 45.1 Å². The number of anilines is 1. The molecule has 0 aromatic carbocycles. The molecule has 1 atom stereocenters. The molecule has 1 unspecified atom stereocenters. The number of rotatable bonds is 3. The van der Waals surface area contributed by atoms with Crippen molar-refractivity contribution in [2.75, 3.05) is 12.4 Å². The van der Waals surface area contributed by atoms with Gasteiger partial charge in [-0.15, -0.1) is 0 Å². The summed E-state index contributed by atoms with van der Waals surface area (Å²) in [4.78, 5) is 8.66. The van der Waals surface area contributed by atoms with Crippen LogP contribution in [0.4, 0.5) is 5.95 Å². The molecule has 0 bridgehead atoms. The van der Waals surface area contributed by atoms with E-state index in [1.54, 1.807) is 13.3 Å². The summed E-state index contributed by atoms with van der Waals surface area (Å²) in [7, 11) is 1.61. The summed E-state index contributed by atoms with van der Waals surface area (Å²) in [5.74, 6) is 1.22. The summed E-state index contributed by atoms with van der Waals surface area (Å²) >= 11 is 3.36. The minimum atomic E-state index is 0.294. The molecule has 0 aliphatic heterocycles. The van der Waals surface area contributed by atoms with Crippen molar-refractivity contribution in [3.63, 3.8) is 0 Å². The maximum atomic E-state index is 5.19. The van der Waals surface area contributed by atoms with Crippen LogP contribution >= 0.6 is 15.9 Å². The minimum Gasteiger partial charge on any atom is -0.480 e. The second kappa shape index (κ2) is 5.43. The quantitative estimate of drug-likeness (QED) is 0.925. The SMILES string of the molecule is COc1nc(NC2CCCCC2(C)C)ncc1Br. The fourth-order valence-corrected chi connectivity index (χ4v) is 2.83. The summed E-state index contributed by atoms with van der Waals surface area (Å²) in [6, 6.07) is 0.428. The molecule has 1 heterocycles. The van der Waals surface area contributed by atoms with Crippen LogP contribution in [0.3, 0.4) is 0 Å². The van der Waals surface area contributed by atoms with Crippen LogP contribution < -0.4 is 10.1 Å². The molecule has 18 heavy (non-hydrogen) atoms. The maximum Gasteiger partial charge on any atom is 0.232 e. The molecule has 100 valence electrons. The van der Waals surface area contributed by atoms with Gasteiger partial charge >= 0.3 is 0 Å². The lowest BCUT2D eigenvalue weighted by Crippen LogP contribution is -2.39. The molecule has 5 heteroatoms. The Bertz CT molecular complexity index is 423. The molecule has 1 aliphatic carbocycles. The standard InChI is InChI=1S/C13H20BrN3O/c1-13(2)7-5-4-6-10(13)16-12-15-8-9(14)11(17-12)18-3/h8,10H,4-7H2,1-3H3,(H,15,16,17). The van der Waals surface area contributed by atoms with Gasteiger partial charge in [0.15, 0.2) is 0 Å². The number of hydrogen-bond acceptors (Lipinski definition) is 4. The van der Waals surface area contributed by atoms with Crippen molar-refractivity contribution in [2.24, 2.45) is 5.41 Å². The molecule has 0 spiro atoms. The third-order valence-corrected chi connectivity index (χ3v) is 4.26. The molecular weight excluding hydrogens is 294 g/mol. The van der Waals surface area contributed by atoms with E-state index < -0.39 is 0 Å². The summed E-state index contributed by atoms with van der Waals surface area (Å²) in [5, 5.41) is 3.45. The van der Waals surface area contributed by atoms with Crippen LogP contribution in [0.5, 0.6) is 5.88 Å². The number of ether oxygens (including phenoxy) is 1. The predicted molar refractivity (Wildman–Crippen MR) is 75.9 cm³/mol. The average Bonchev–Trinajstić information content (AvgIpc) is 2.34. The van der Waals surface area contributed by atoms with Crippen molar-refractivity contribution in [3.8, 4) is 5.88 Å². The van der Waals surface area contributed by atoms with E-state index in [1.807, 2.05) is 0 Å². The topological polar surface area (TPSA) is 47.0 Å². The van der Waals surface area contributed by atoms with Gasteiger partial charge in [-0.25, -0.2) is 4.98 Å². The molecule has 1 aromatic rings. The molecule has 0 saturated heterocycles. The molecule has 1 aromatic heterocycles. The monoisotopic (exact) mass is 313 g/mol. The Morgan fingerprint density at radius 2 is 2.22 bits per heavy atom. The first-order chi connectivity index (χ1) is 8.53. The van der Waals surface area contributed by atoms with Crippen molar-refractivity contribution >= 4 is 21.9 Å². The van der Waals surface area contributed by atoms with Crippen molar-refractivity contribution in [3.05, 3.63) is 10.7 Å². The van der Waals surface area contributed by atoms with Gasteiger partial charge in [0.2, 0.25) is 11.8 Å². The third kappa shape index (κ3) is 2.94. The van der Waals surface area contributed by atoms with Gasteiger partial charge in [0.25, 0.3) is 0 Å². The van der Waals surface area contributed by atoms with Crippen LogP contribution in [0.15, 0.2) is 10.7 Å². The highest BCUT2D eigenvalue weighted by Gasteiger charge is 2.32. The van der Waals surface area contributed by atoms with Gasteiger partial charge in [-0.1, -0.05) is 26.7 Å². The summed E-state index contributed by atoms with van der Waals surface area (Å²) in [6.45, 7) is 4.61. The van der Waals surface area contributed by atoms with Crippen LogP contribution in [0, 0.1) is 5.41 Å². The molecule has 0 radical (unpaired) electrons. The molecule has 1 fully saturated rings. The molecule has 1 saturated carbocycles. The zero-order valence-electron chi connectivity index (χ0n) is 11.2. The van der Waals surface area contributed by atoms with Crippen molar-refractivity contribution in [1.82, 2.24) is 9.97 Å². The number of hydrogen-bond donors (Lipinski definition) is 1. The maximum absolute atomic E-state index is 5.19. The Morgan fingerprint density at radius 1 is 1.44 bits per heavy atom. The number of nitrogens with zero attached hydrogens (tertiary/aromatic N) is 2. The zero-order chi connectivity index (χ0) is 13.2. The third-order valence-electron chi connectivity index (χ3n) is 3.72.